The fraction of sp³-hybridized carbons (Fsp3) is 0.185. The quantitative estimate of drug-likeness (QED) is 0.324. The van der Waals surface area contributed by atoms with Gasteiger partial charge in [-0.3, -0.25) is 4.79 Å². The van der Waals surface area contributed by atoms with Crippen molar-refractivity contribution in [3.05, 3.63) is 99.6 Å². The SMILES string of the molecule is Cc1cc(C)c(NC(=O)/C(C#N)=C/c2ccc(OCc3cccc(C(F)(F)F)c3)cc2)c(C)c1. The van der Waals surface area contributed by atoms with Crippen molar-refractivity contribution in [3.8, 4) is 11.8 Å². The second-order valence-corrected chi connectivity index (χ2v) is 7.95. The van der Waals surface area contributed by atoms with Crippen molar-refractivity contribution in [2.75, 3.05) is 5.32 Å². The molecule has 0 aliphatic carbocycles. The molecule has 0 unspecified atom stereocenters. The van der Waals surface area contributed by atoms with Gasteiger partial charge >= 0.3 is 6.18 Å². The third-order valence-electron chi connectivity index (χ3n) is 5.13. The lowest BCUT2D eigenvalue weighted by Crippen LogP contribution is -2.15. The molecule has 34 heavy (non-hydrogen) atoms. The summed E-state index contributed by atoms with van der Waals surface area (Å²) in [5.41, 5.74) is 3.79. The van der Waals surface area contributed by atoms with Crippen LogP contribution in [0.5, 0.6) is 5.75 Å². The van der Waals surface area contributed by atoms with Crippen molar-refractivity contribution in [2.45, 2.75) is 33.6 Å². The predicted octanol–water partition coefficient (Wildman–Crippen LogP) is 6.76. The Kier molecular flexibility index (Phi) is 7.42. The number of carbonyl (C=O) groups excluding carboxylic acids is 1. The van der Waals surface area contributed by atoms with Crippen LogP contribution in [-0.4, -0.2) is 5.91 Å². The molecule has 1 amide bonds. The molecule has 1 N–H and O–H groups in total. The third kappa shape index (κ3) is 6.26. The third-order valence-corrected chi connectivity index (χ3v) is 5.13. The highest BCUT2D eigenvalue weighted by Gasteiger charge is 2.30. The van der Waals surface area contributed by atoms with Crippen LogP contribution in [0, 0.1) is 32.1 Å². The molecule has 4 nitrogen and oxygen atoms in total. The summed E-state index contributed by atoms with van der Waals surface area (Å²) in [4.78, 5) is 12.7. The molecule has 174 valence electrons. The molecule has 3 rings (SSSR count). The van der Waals surface area contributed by atoms with Crippen molar-refractivity contribution >= 4 is 17.7 Å². The maximum absolute atomic E-state index is 12.8. The van der Waals surface area contributed by atoms with Gasteiger partial charge < -0.3 is 10.1 Å². The number of carbonyl (C=O) groups is 1. The van der Waals surface area contributed by atoms with Crippen LogP contribution in [0.15, 0.2) is 66.2 Å². The number of rotatable bonds is 6. The zero-order valence-corrected chi connectivity index (χ0v) is 19.0. The zero-order chi connectivity index (χ0) is 24.9. The summed E-state index contributed by atoms with van der Waals surface area (Å²) in [7, 11) is 0. The average Bonchev–Trinajstić information content (AvgIpc) is 2.78. The van der Waals surface area contributed by atoms with Gasteiger partial charge in [-0.1, -0.05) is 42.0 Å². The maximum atomic E-state index is 12.8. The Morgan fingerprint density at radius 3 is 2.26 bits per heavy atom. The van der Waals surface area contributed by atoms with Crippen molar-refractivity contribution in [2.24, 2.45) is 0 Å². The van der Waals surface area contributed by atoms with Gasteiger partial charge in [-0.05, 0) is 73.4 Å². The van der Waals surface area contributed by atoms with Crippen molar-refractivity contribution < 1.29 is 22.7 Å². The molecule has 7 heteroatoms. The molecule has 0 fully saturated rings. The van der Waals surface area contributed by atoms with Crippen LogP contribution in [-0.2, 0) is 17.6 Å². The Morgan fingerprint density at radius 2 is 1.68 bits per heavy atom. The van der Waals surface area contributed by atoms with Gasteiger partial charge in [0.2, 0.25) is 0 Å². The standard InChI is InChI=1S/C27H23F3N2O2/c1-17-11-18(2)25(19(3)12-17)32-26(33)22(15-31)13-20-7-9-24(10-8-20)34-16-21-5-4-6-23(14-21)27(28,29)30/h4-14H,16H2,1-3H3,(H,32,33)/b22-13+. The minimum absolute atomic E-state index is 0.0276. The fourth-order valence-corrected chi connectivity index (χ4v) is 3.54. The minimum Gasteiger partial charge on any atom is -0.489 e. The van der Waals surface area contributed by atoms with E-state index in [4.69, 9.17) is 4.74 Å². The Hall–Kier alpha value is -4.05. The molecule has 0 aromatic heterocycles. The van der Waals surface area contributed by atoms with Gasteiger partial charge in [0, 0.05) is 5.69 Å². The predicted molar refractivity (Wildman–Crippen MR) is 125 cm³/mol. The molecule has 0 aliphatic heterocycles. The Labute approximate surface area is 196 Å². The highest BCUT2D eigenvalue weighted by molar-refractivity contribution is 6.10. The first kappa shape index (κ1) is 24.6. The number of nitrogens with one attached hydrogen (secondary N) is 1. The van der Waals surface area contributed by atoms with Crippen LogP contribution >= 0.6 is 0 Å². The molecule has 0 bridgehead atoms. The molecule has 0 spiro atoms. The van der Waals surface area contributed by atoms with E-state index in [0.29, 0.717) is 22.6 Å². The van der Waals surface area contributed by atoms with Gasteiger partial charge in [0.25, 0.3) is 5.91 Å². The van der Waals surface area contributed by atoms with Gasteiger partial charge in [-0.25, -0.2) is 0 Å². The summed E-state index contributed by atoms with van der Waals surface area (Å²) >= 11 is 0. The number of ether oxygens (including phenoxy) is 1. The van der Waals surface area contributed by atoms with Crippen LogP contribution in [0.4, 0.5) is 18.9 Å². The summed E-state index contributed by atoms with van der Waals surface area (Å²) < 4.78 is 44.1. The highest BCUT2D eigenvalue weighted by atomic mass is 19.4. The molecule has 3 aromatic carbocycles. The molecule has 0 radical (unpaired) electrons. The first-order chi connectivity index (χ1) is 16.1. The molecule has 0 saturated carbocycles. The van der Waals surface area contributed by atoms with Gasteiger partial charge in [-0.15, -0.1) is 0 Å². The van der Waals surface area contributed by atoms with Crippen LogP contribution < -0.4 is 10.1 Å². The largest absolute Gasteiger partial charge is 0.489 e. The average molecular weight is 464 g/mol. The number of amides is 1. The molecule has 0 saturated heterocycles. The number of alkyl halides is 3. The number of hydrogen-bond acceptors (Lipinski definition) is 3. The van der Waals surface area contributed by atoms with E-state index in [9.17, 15) is 23.2 Å². The van der Waals surface area contributed by atoms with Crippen LogP contribution in [0.1, 0.15) is 33.4 Å². The van der Waals surface area contributed by atoms with Gasteiger partial charge in [0.05, 0.1) is 5.56 Å². The van der Waals surface area contributed by atoms with E-state index in [1.165, 1.54) is 12.1 Å². The summed E-state index contributed by atoms with van der Waals surface area (Å²) in [5.74, 6) is -0.0640. The summed E-state index contributed by atoms with van der Waals surface area (Å²) in [6, 6.07) is 17.4. The maximum Gasteiger partial charge on any atom is 0.416 e. The molecule has 0 heterocycles. The van der Waals surface area contributed by atoms with E-state index < -0.39 is 17.6 Å². The van der Waals surface area contributed by atoms with Crippen LogP contribution in [0.3, 0.4) is 0 Å². The fourth-order valence-electron chi connectivity index (χ4n) is 3.54. The molecule has 0 aliphatic rings. The van der Waals surface area contributed by atoms with Gasteiger partial charge in [0.15, 0.2) is 0 Å². The normalized spacial score (nSPS) is 11.6. The number of nitrogens with zero attached hydrogens (tertiary/aromatic N) is 1. The lowest BCUT2D eigenvalue weighted by atomic mass is 10.0. The smallest absolute Gasteiger partial charge is 0.416 e. The topological polar surface area (TPSA) is 62.1 Å². The number of benzene rings is 3. The highest BCUT2D eigenvalue weighted by Crippen LogP contribution is 2.30. The number of anilines is 1. The minimum atomic E-state index is -4.41. The van der Waals surface area contributed by atoms with Gasteiger partial charge in [-0.2, -0.15) is 18.4 Å². The molecular weight excluding hydrogens is 441 g/mol. The second-order valence-electron chi connectivity index (χ2n) is 7.95. The van der Waals surface area contributed by atoms with Gasteiger partial charge in [0.1, 0.15) is 24.0 Å². The van der Waals surface area contributed by atoms with E-state index in [0.717, 1.165) is 28.8 Å². The zero-order valence-electron chi connectivity index (χ0n) is 19.0. The Bertz CT molecular complexity index is 1250. The summed E-state index contributed by atoms with van der Waals surface area (Å²) in [5, 5.41) is 12.3. The number of aryl methyl sites for hydroxylation is 3. The summed E-state index contributed by atoms with van der Waals surface area (Å²) in [6.45, 7) is 5.73. The monoisotopic (exact) mass is 464 g/mol. The van der Waals surface area contributed by atoms with E-state index >= 15 is 0 Å². The Balaban J connectivity index is 1.68. The number of halogens is 3. The first-order valence-electron chi connectivity index (χ1n) is 10.5. The molecule has 0 atom stereocenters. The van der Waals surface area contributed by atoms with Crippen molar-refractivity contribution in [1.29, 1.82) is 5.26 Å². The molecular formula is C27H23F3N2O2. The van der Waals surface area contributed by atoms with E-state index in [-0.39, 0.29) is 12.2 Å². The Morgan fingerprint density at radius 1 is 1.03 bits per heavy atom. The number of hydrogen-bond donors (Lipinski definition) is 1. The lowest BCUT2D eigenvalue weighted by molar-refractivity contribution is -0.137. The lowest BCUT2D eigenvalue weighted by Gasteiger charge is -2.12. The summed E-state index contributed by atoms with van der Waals surface area (Å²) in [6.07, 6.45) is -2.95. The van der Waals surface area contributed by atoms with Crippen molar-refractivity contribution in [3.63, 3.8) is 0 Å². The van der Waals surface area contributed by atoms with Crippen LogP contribution in [0.25, 0.3) is 6.08 Å². The van der Waals surface area contributed by atoms with Crippen LogP contribution in [0.2, 0.25) is 0 Å². The van der Waals surface area contributed by atoms with E-state index in [2.05, 4.69) is 5.32 Å². The number of nitriles is 1. The van der Waals surface area contributed by atoms with Crippen molar-refractivity contribution in [1.82, 2.24) is 0 Å². The molecule has 3 aromatic rings. The second kappa shape index (κ2) is 10.3. The van der Waals surface area contributed by atoms with E-state index in [1.54, 1.807) is 30.3 Å². The van der Waals surface area contributed by atoms with E-state index in [1.807, 2.05) is 39.0 Å². The first-order valence-corrected chi connectivity index (χ1v) is 10.5.